The van der Waals surface area contributed by atoms with Gasteiger partial charge in [-0.2, -0.15) is 5.26 Å². The van der Waals surface area contributed by atoms with Crippen LogP contribution in [0.1, 0.15) is 12.0 Å². The summed E-state index contributed by atoms with van der Waals surface area (Å²) in [5.41, 5.74) is 0.0147. The second-order valence-corrected chi connectivity index (χ2v) is 3.27. The summed E-state index contributed by atoms with van der Waals surface area (Å²) in [6.07, 6.45) is 0.207. The van der Waals surface area contributed by atoms with Gasteiger partial charge >= 0.3 is 0 Å². The Kier molecular flexibility index (Phi) is 3.75. The molecule has 0 aliphatic rings. The minimum Gasteiger partial charge on any atom is -0.506 e. The largest absolute Gasteiger partial charge is 0.506 e. The molecular weight excluding hydrogens is 221 g/mol. The van der Waals surface area contributed by atoms with E-state index in [-0.39, 0.29) is 34.9 Å². The van der Waals surface area contributed by atoms with Crippen molar-refractivity contribution in [3.8, 4) is 17.6 Å². The first-order chi connectivity index (χ1) is 7.11. The van der Waals surface area contributed by atoms with E-state index in [1.165, 1.54) is 13.2 Å². The van der Waals surface area contributed by atoms with Crippen molar-refractivity contribution in [3.63, 3.8) is 0 Å². The number of benzene rings is 1. The molecule has 0 saturated heterocycles. The normalized spacial score (nSPS) is 9.73. The standard InChI is InChI=1S/C10H9ClFNO2/c1-15-8-5-7(11)10(14)6(9(8)12)3-2-4-13/h5,14H,2-3H2,1H3. The number of nitriles is 1. The van der Waals surface area contributed by atoms with Crippen molar-refractivity contribution in [3.05, 3.63) is 22.5 Å². The van der Waals surface area contributed by atoms with Crippen LogP contribution in [0.2, 0.25) is 5.02 Å². The Morgan fingerprint density at radius 2 is 2.33 bits per heavy atom. The first-order valence-corrected chi connectivity index (χ1v) is 4.60. The molecule has 0 bridgehead atoms. The summed E-state index contributed by atoms with van der Waals surface area (Å²) in [6, 6.07) is 3.06. The van der Waals surface area contributed by atoms with Crippen LogP contribution in [0.5, 0.6) is 11.5 Å². The molecule has 0 aromatic heterocycles. The molecule has 0 radical (unpaired) electrons. The molecule has 3 nitrogen and oxygen atoms in total. The average molecular weight is 230 g/mol. The monoisotopic (exact) mass is 229 g/mol. The molecule has 0 unspecified atom stereocenters. The third kappa shape index (κ3) is 2.31. The second-order valence-electron chi connectivity index (χ2n) is 2.86. The lowest BCUT2D eigenvalue weighted by Gasteiger charge is -2.09. The lowest BCUT2D eigenvalue weighted by molar-refractivity contribution is 0.378. The molecule has 0 fully saturated rings. The third-order valence-corrected chi connectivity index (χ3v) is 2.25. The molecule has 0 amide bonds. The van der Waals surface area contributed by atoms with Crippen molar-refractivity contribution in [2.24, 2.45) is 0 Å². The van der Waals surface area contributed by atoms with Gasteiger partial charge < -0.3 is 9.84 Å². The first kappa shape index (κ1) is 11.6. The van der Waals surface area contributed by atoms with Crippen LogP contribution in [0.4, 0.5) is 4.39 Å². The molecule has 0 aliphatic carbocycles. The number of phenols is 1. The fourth-order valence-electron chi connectivity index (χ4n) is 1.20. The molecule has 1 aromatic carbocycles. The van der Waals surface area contributed by atoms with Crippen molar-refractivity contribution in [1.29, 1.82) is 5.26 Å². The molecule has 0 spiro atoms. The number of rotatable bonds is 3. The maximum absolute atomic E-state index is 13.6. The molecule has 0 heterocycles. The van der Waals surface area contributed by atoms with Crippen molar-refractivity contribution >= 4 is 11.6 Å². The Hall–Kier alpha value is -1.47. The van der Waals surface area contributed by atoms with E-state index < -0.39 is 5.82 Å². The lowest BCUT2D eigenvalue weighted by Crippen LogP contribution is -1.96. The summed E-state index contributed by atoms with van der Waals surface area (Å²) in [7, 11) is 1.31. The van der Waals surface area contributed by atoms with Crippen molar-refractivity contribution < 1.29 is 14.2 Å². The lowest BCUT2D eigenvalue weighted by atomic mass is 10.1. The second kappa shape index (κ2) is 4.85. The predicted molar refractivity (Wildman–Crippen MR) is 53.6 cm³/mol. The highest BCUT2D eigenvalue weighted by Crippen LogP contribution is 2.36. The number of hydrogen-bond donors (Lipinski definition) is 1. The highest BCUT2D eigenvalue weighted by atomic mass is 35.5. The van der Waals surface area contributed by atoms with Crippen LogP contribution in [-0.2, 0) is 6.42 Å². The molecule has 1 aromatic rings. The molecule has 1 N–H and O–H groups in total. The van der Waals surface area contributed by atoms with Gasteiger partial charge in [0.15, 0.2) is 11.6 Å². The van der Waals surface area contributed by atoms with Crippen LogP contribution >= 0.6 is 11.6 Å². The number of nitrogens with zero attached hydrogens (tertiary/aromatic N) is 1. The smallest absolute Gasteiger partial charge is 0.172 e. The van der Waals surface area contributed by atoms with Crippen molar-refractivity contribution in [2.45, 2.75) is 12.8 Å². The topological polar surface area (TPSA) is 53.2 Å². The van der Waals surface area contributed by atoms with E-state index in [1.54, 1.807) is 0 Å². The highest BCUT2D eigenvalue weighted by Gasteiger charge is 2.17. The van der Waals surface area contributed by atoms with Gasteiger partial charge in [-0.05, 0) is 6.42 Å². The Labute approximate surface area is 91.7 Å². The number of phenolic OH excluding ortho intramolecular Hbond substituents is 1. The molecule has 0 atom stereocenters. The Balaban J connectivity index is 3.22. The number of methoxy groups -OCH3 is 1. The molecule has 0 saturated carbocycles. The van der Waals surface area contributed by atoms with Crippen LogP contribution in [0.3, 0.4) is 0 Å². The fraction of sp³-hybridized carbons (Fsp3) is 0.300. The van der Waals surface area contributed by atoms with Gasteiger partial charge in [0.2, 0.25) is 0 Å². The zero-order chi connectivity index (χ0) is 11.4. The van der Waals surface area contributed by atoms with Gasteiger partial charge in [-0.25, -0.2) is 4.39 Å². The molecule has 15 heavy (non-hydrogen) atoms. The first-order valence-electron chi connectivity index (χ1n) is 4.22. The van der Waals surface area contributed by atoms with Gasteiger partial charge in [0.25, 0.3) is 0 Å². The van der Waals surface area contributed by atoms with E-state index in [0.717, 1.165) is 0 Å². The quantitative estimate of drug-likeness (QED) is 0.867. The van der Waals surface area contributed by atoms with E-state index in [2.05, 4.69) is 0 Å². The SMILES string of the molecule is COc1cc(Cl)c(O)c(CCC#N)c1F. The maximum atomic E-state index is 13.6. The fourth-order valence-corrected chi connectivity index (χ4v) is 1.41. The summed E-state index contributed by atoms with van der Waals surface area (Å²) in [5, 5.41) is 17.9. The average Bonchev–Trinajstić information content (AvgIpc) is 2.23. The van der Waals surface area contributed by atoms with Gasteiger partial charge in [0.1, 0.15) is 5.75 Å². The van der Waals surface area contributed by atoms with Crippen LogP contribution in [-0.4, -0.2) is 12.2 Å². The van der Waals surface area contributed by atoms with Crippen LogP contribution in [0.25, 0.3) is 0 Å². The number of hydrogen-bond acceptors (Lipinski definition) is 3. The molecular formula is C10H9ClFNO2. The minimum absolute atomic E-state index is 0.0147. The van der Waals surface area contributed by atoms with E-state index in [1.807, 2.05) is 6.07 Å². The van der Waals surface area contributed by atoms with Gasteiger partial charge in [0, 0.05) is 18.1 Å². The summed E-state index contributed by atoms with van der Waals surface area (Å²) in [4.78, 5) is 0. The maximum Gasteiger partial charge on any atom is 0.172 e. The van der Waals surface area contributed by atoms with Crippen LogP contribution in [0.15, 0.2) is 6.07 Å². The zero-order valence-corrected chi connectivity index (χ0v) is 8.81. The Morgan fingerprint density at radius 3 is 2.87 bits per heavy atom. The van der Waals surface area contributed by atoms with E-state index >= 15 is 0 Å². The molecule has 1 rings (SSSR count). The predicted octanol–water partition coefficient (Wildman–Crippen LogP) is 2.65. The minimum atomic E-state index is -0.672. The summed E-state index contributed by atoms with van der Waals surface area (Å²) >= 11 is 5.67. The van der Waals surface area contributed by atoms with Gasteiger partial charge in [-0.15, -0.1) is 0 Å². The Bertz CT molecular complexity index is 415. The van der Waals surface area contributed by atoms with Gasteiger partial charge in [-0.1, -0.05) is 11.6 Å². The molecule has 0 aliphatic heterocycles. The van der Waals surface area contributed by atoms with Crippen molar-refractivity contribution in [2.75, 3.05) is 7.11 Å². The zero-order valence-electron chi connectivity index (χ0n) is 8.05. The highest BCUT2D eigenvalue weighted by molar-refractivity contribution is 6.32. The van der Waals surface area contributed by atoms with E-state index in [4.69, 9.17) is 21.6 Å². The number of ether oxygens (including phenoxy) is 1. The Morgan fingerprint density at radius 1 is 1.67 bits per heavy atom. The number of halogens is 2. The van der Waals surface area contributed by atoms with Crippen LogP contribution < -0.4 is 4.74 Å². The number of aromatic hydroxyl groups is 1. The third-order valence-electron chi connectivity index (χ3n) is 1.96. The molecule has 5 heteroatoms. The van der Waals surface area contributed by atoms with Crippen molar-refractivity contribution in [1.82, 2.24) is 0 Å². The van der Waals surface area contributed by atoms with Gasteiger partial charge in [0.05, 0.1) is 18.2 Å². The summed E-state index contributed by atoms with van der Waals surface area (Å²) < 4.78 is 18.3. The summed E-state index contributed by atoms with van der Waals surface area (Å²) in [6.45, 7) is 0. The summed E-state index contributed by atoms with van der Waals surface area (Å²) in [5.74, 6) is -1.04. The van der Waals surface area contributed by atoms with E-state index in [0.29, 0.717) is 0 Å². The van der Waals surface area contributed by atoms with Gasteiger partial charge in [-0.3, -0.25) is 0 Å². The van der Waals surface area contributed by atoms with E-state index in [9.17, 15) is 9.50 Å². The molecule has 80 valence electrons. The van der Waals surface area contributed by atoms with Crippen LogP contribution in [0, 0.1) is 17.1 Å².